The van der Waals surface area contributed by atoms with Crippen LogP contribution in [0.5, 0.6) is 0 Å². The predicted octanol–water partition coefficient (Wildman–Crippen LogP) is 18.9. The van der Waals surface area contributed by atoms with Crippen molar-refractivity contribution in [3.05, 3.63) is 97.2 Å². The van der Waals surface area contributed by atoms with Crippen LogP contribution in [0.15, 0.2) is 97.2 Å². The molecule has 0 amide bonds. The van der Waals surface area contributed by atoms with E-state index in [2.05, 4.69) is 118 Å². The fourth-order valence-corrected chi connectivity index (χ4v) is 7.66. The number of allylic oxidation sites excluding steroid dienone is 16. The second kappa shape index (κ2) is 55.9. The third-order valence-corrected chi connectivity index (χ3v) is 11.8. The quantitative estimate of drug-likeness (QED) is 0.0262. The lowest BCUT2D eigenvalue weighted by Crippen LogP contribution is -2.30. The summed E-state index contributed by atoms with van der Waals surface area (Å²) < 4.78 is 16.8. The molecule has 1 atom stereocenters. The van der Waals surface area contributed by atoms with Crippen LogP contribution in [-0.2, 0) is 28.6 Å². The maximum Gasteiger partial charge on any atom is 0.306 e. The van der Waals surface area contributed by atoms with Crippen LogP contribution in [0.1, 0.15) is 258 Å². The molecular formula is C62H104O6. The van der Waals surface area contributed by atoms with E-state index in [4.69, 9.17) is 14.2 Å². The maximum absolute atomic E-state index is 12.8. The zero-order chi connectivity index (χ0) is 49.3. The van der Waals surface area contributed by atoms with Crippen LogP contribution < -0.4 is 0 Å². The predicted molar refractivity (Wildman–Crippen MR) is 293 cm³/mol. The van der Waals surface area contributed by atoms with E-state index in [9.17, 15) is 14.4 Å². The van der Waals surface area contributed by atoms with Crippen LogP contribution in [0.3, 0.4) is 0 Å². The molecule has 0 radical (unpaired) electrons. The van der Waals surface area contributed by atoms with Crippen LogP contribution in [0.4, 0.5) is 0 Å². The molecule has 6 heteroatoms. The van der Waals surface area contributed by atoms with Crippen molar-refractivity contribution in [2.75, 3.05) is 13.2 Å². The van der Waals surface area contributed by atoms with E-state index in [0.717, 1.165) is 122 Å². The molecule has 0 fully saturated rings. The van der Waals surface area contributed by atoms with E-state index in [-0.39, 0.29) is 31.1 Å². The number of hydrogen-bond donors (Lipinski definition) is 0. The van der Waals surface area contributed by atoms with Gasteiger partial charge in [0.1, 0.15) is 13.2 Å². The van der Waals surface area contributed by atoms with Gasteiger partial charge in [0, 0.05) is 19.3 Å². The van der Waals surface area contributed by atoms with Gasteiger partial charge in [0.05, 0.1) is 0 Å². The second-order valence-electron chi connectivity index (χ2n) is 18.4. The van der Waals surface area contributed by atoms with Crippen LogP contribution >= 0.6 is 0 Å². The Labute approximate surface area is 419 Å². The molecule has 388 valence electrons. The van der Waals surface area contributed by atoms with Gasteiger partial charge in [0.25, 0.3) is 0 Å². The molecule has 0 aromatic rings. The summed E-state index contributed by atoms with van der Waals surface area (Å²) in [4.78, 5) is 38.1. The van der Waals surface area contributed by atoms with Crippen molar-refractivity contribution in [2.24, 2.45) is 0 Å². The van der Waals surface area contributed by atoms with Gasteiger partial charge in [-0.2, -0.15) is 0 Å². The monoisotopic (exact) mass is 945 g/mol. The van der Waals surface area contributed by atoms with E-state index >= 15 is 0 Å². The second-order valence-corrected chi connectivity index (χ2v) is 18.4. The SMILES string of the molecule is CC/C=C\C/C=C\C/C=C\C/C=C\C/C=C\CCCCCCCCCC(=O)OCC(COC(=O)CCCCC/C=C\C/C=C\C/C=C\CC)OC(=O)CCCCCCCCCCCCCCCC. The summed E-state index contributed by atoms with van der Waals surface area (Å²) in [6, 6.07) is 0. The van der Waals surface area contributed by atoms with Crippen molar-refractivity contribution in [3.8, 4) is 0 Å². The molecule has 0 aliphatic heterocycles. The molecule has 68 heavy (non-hydrogen) atoms. The number of ether oxygens (including phenoxy) is 3. The van der Waals surface area contributed by atoms with Crippen LogP contribution in [0, 0.1) is 0 Å². The standard InChI is InChI=1S/C62H104O6/c1-4-7-10-13-16-19-22-25-27-28-29-30-31-32-33-34-35-38-40-43-46-49-52-55-61(64)67-58-59(57-66-60(63)54-51-48-45-42-39-36-24-21-18-15-12-9-6-3)68-62(65)56-53-50-47-44-41-37-26-23-20-17-14-11-8-5-2/h7,9-10,12,16,18-19,21,25,27,29-30,32-33,36,39,59H,4-6,8,11,13-15,17,20,22-24,26,28,31,34-35,37-38,40-58H2,1-3H3/b10-7-,12-9-,19-16-,21-18-,27-25-,30-29-,33-32-,39-36-. The number of rotatable bonds is 50. The third kappa shape index (κ3) is 53.3. The Balaban J connectivity index is 4.38. The molecule has 0 saturated carbocycles. The molecule has 0 aromatic carbocycles. The number of hydrogen-bond acceptors (Lipinski definition) is 6. The van der Waals surface area contributed by atoms with Crippen molar-refractivity contribution < 1.29 is 28.6 Å². The molecule has 0 bridgehead atoms. The van der Waals surface area contributed by atoms with E-state index in [0.29, 0.717) is 19.3 Å². The summed E-state index contributed by atoms with van der Waals surface area (Å²) in [5.74, 6) is -0.928. The average Bonchev–Trinajstić information content (AvgIpc) is 3.34. The van der Waals surface area contributed by atoms with Gasteiger partial charge in [-0.15, -0.1) is 0 Å². The Hall–Kier alpha value is -3.67. The van der Waals surface area contributed by atoms with Crippen LogP contribution in [-0.4, -0.2) is 37.2 Å². The van der Waals surface area contributed by atoms with Gasteiger partial charge in [0.2, 0.25) is 0 Å². The molecule has 0 aromatic heterocycles. The minimum Gasteiger partial charge on any atom is -0.462 e. The summed E-state index contributed by atoms with van der Waals surface area (Å²) in [7, 11) is 0. The molecule has 0 heterocycles. The lowest BCUT2D eigenvalue weighted by Gasteiger charge is -2.18. The largest absolute Gasteiger partial charge is 0.462 e. The fourth-order valence-electron chi connectivity index (χ4n) is 7.66. The van der Waals surface area contributed by atoms with Crippen molar-refractivity contribution >= 4 is 17.9 Å². The smallest absolute Gasteiger partial charge is 0.306 e. The molecule has 6 nitrogen and oxygen atoms in total. The number of carbonyl (C=O) groups is 3. The molecule has 0 aliphatic carbocycles. The van der Waals surface area contributed by atoms with Gasteiger partial charge < -0.3 is 14.2 Å². The Morgan fingerprint density at radius 2 is 0.574 bits per heavy atom. The minimum absolute atomic E-state index is 0.0918. The van der Waals surface area contributed by atoms with E-state index in [1.54, 1.807) is 0 Å². The van der Waals surface area contributed by atoms with Gasteiger partial charge >= 0.3 is 17.9 Å². The topological polar surface area (TPSA) is 78.9 Å². The normalized spacial score (nSPS) is 12.8. The van der Waals surface area contributed by atoms with Gasteiger partial charge in [0.15, 0.2) is 6.10 Å². The average molecular weight is 946 g/mol. The summed E-state index contributed by atoms with van der Waals surface area (Å²) >= 11 is 0. The van der Waals surface area contributed by atoms with E-state index in [1.165, 1.54) is 96.3 Å². The summed E-state index contributed by atoms with van der Waals surface area (Å²) in [5.41, 5.74) is 0. The van der Waals surface area contributed by atoms with Crippen molar-refractivity contribution in [3.63, 3.8) is 0 Å². The zero-order valence-electron chi connectivity index (χ0n) is 44.3. The summed E-state index contributed by atoms with van der Waals surface area (Å²) in [6.45, 7) is 6.38. The van der Waals surface area contributed by atoms with Gasteiger partial charge in [-0.05, 0) is 96.3 Å². The Bertz CT molecular complexity index is 1360. The lowest BCUT2D eigenvalue weighted by atomic mass is 10.0. The zero-order valence-corrected chi connectivity index (χ0v) is 44.3. The highest BCUT2D eigenvalue weighted by molar-refractivity contribution is 5.71. The molecular weight excluding hydrogens is 841 g/mol. The first kappa shape index (κ1) is 64.3. The maximum atomic E-state index is 12.8. The molecule has 0 spiro atoms. The lowest BCUT2D eigenvalue weighted by molar-refractivity contribution is -0.167. The summed E-state index contributed by atoms with van der Waals surface area (Å²) in [6.07, 6.45) is 74.0. The Kier molecular flexibility index (Phi) is 52.9. The number of carbonyl (C=O) groups excluding carboxylic acids is 3. The van der Waals surface area contributed by atoms with Crippen molar-refractivity contribution in [1.82, 2.24) is 0 Å². The van der Waals surface area contributed by atoms with Gasteiger partial charge in [-0.3, -0.25) is 14.4 Å². The highest BCUT2D eigenvalue weighted by Crippen LogP contribution is 2.15. The first-order chi connectivity index (χ1) is 33.5. The highest BCUT2D eigenvalue weighted by atomic mass is 16.6. The molecule has 0 aliphatic rings. The molecule has 0 N–H and O–H groups in total. The summed E-state index contributed by atoms with van der Waals surface area (Å²) in [5, 5.41) is 0. The van der Waals surface area contributed by atoms with Crippen LogP contribution in [0.2, 0.25) is 0 Å². The Morgan fingerprint density at radius 3 is 0.912 bits per heavy atom. The first-order valence-electron chi connectivity index (χ1n) is 28.2. The minimum atomic E-state index is -0.793. The van der Waals surface area contributed by atoms with Gasteiger partial charge in [-0.25, -0.2) is 0 Å². The third-order valence-electron chi connectivity index (χ3n) is 11.8. The Morgan fingerprint density at radius 1 is 0.309 bits per heavy atom. The fraction of sp³-hybridized carbons (Fsp3) is 0.694. The molecule has 0 rings (SSSR count). The number of esters is 3. The van der Waals surface area contributed by atoms with Crippen molar-refractivity contribution in [1.29, 1.82) is 0 Å². The van der Waals surface area contributed by atoms with Gasteiger partial charge in [-0.1, -0.05) is 240 Å². The molecule has 1 unspecified atom stereocenters. The van der Waals surface area contributed by atoms with E-state index in [1.807, 2.05) is 0 Å². The van der Waals surface area contributed by atoms with E-state index < -0.39 is 6.10 Å². The van der Waals surface area contributed by atoms with Crippen molar-refractivity contribution in [2.45, 2.75) is 264 Å². The van der Waals surface area contributed by atoms with Crippen LogP contribution in [0.25, 0.3) is 0 Å². The first-order valence-corrected chi connectivity index (χ1v) is 28.2. The highest BCUT2D eigenvalue weighted by Gasteiger charge is 2.19. The number of unbranched alkanes of at least 4 members (excludes halogenated alkanes) is 23. The molecule has 0 saturated heterocycles.